The van der Waals surface area contributed by atoms with Gasteiger partial charge in [-0.1, -0.05) is 26.2 Å². The SMILES string of the molecule is CCCCCCN(F)C(C)S(=O)[O-]. The summed E-state index contributed by atoms with van der Waals surface area (Å²) in [7, 11) is 0. The molecule has 80 valence electrons. The van der Waals surface area contributed by atoms with E-state index in [1.165, 1.54) is 6.92 Å². The van der Waals surface area contributed by atoms with Crippen molar-refractivity contribution < 1.29 is 13.2 Å². The molecule has 0 radical (unpaired) electrons. The predicted molar refractivity (Wildman–Crippen MR) is 50.3 cm³/mol. The first-order chi connectivity index (χ1) is 6.09. The van der Waals surface area contributed by atoms with E-state index in [1.54, 1.807) is 0 Å². The second-order valence-electron chi connectivity index (χ2n) is 3.04. The molecule has 13 heavy (non-hydrogen) atoms. The molecule has 0 aromatic heterocycles. The van der Waals surface area contributed by atoms with Gasteiger partial charge in [-0.3, -0.25) is 4.21 Å². The summed E-state index contributed by atoms with van der Waals surface area (Å²) in [6.07, 6.45) is 3.83. The molecule has 3 nitrogen and oxygen atoms in total. The summed E-state index contributed by atoms with van der Waals surface area (Å²) >= 11 is -2.35. The van der Waals surface area contributed by atoms with E-state index >= 15 is 0 Å². The Hall–Kier alpha value is -0.0000000000000000486. The van der Waals surface area contributed by atoms with Crippen molar-refractivity contribution in [2.75, 3.05) is 6.54 Å². The van der Waals surface area contributed by atoms with Gasteiger partial charge in [0.05, 0.1) is 5.37 Å². The van der Waals surface area contributed by atoms with E-state index in [-0.39, 0.29) is 6.54 Å². The molecule has 0 rings (SSSR count). The molecule has 0 aromatic rings. The highest BCUT2D eigenvalue weighted by Crippen LogP contribution is 2.07. The summed E-state index contributed by atoms with van der Waals surface area (Å²) in [5.41, 5.74) is 0. The molecular weight excluding hydrogens is 193 g/mol. The fraction of sp³-hybridized carbons (Fsp3) is 1.00. The van der Waals surface area contributed by atoms with Gasteiger partial charge in [0, 0.05) is 6.54 Å². The quantitative estimate of drug-likeness (QED) is 0.366. The highest BCUT2D eigenvalue weighted by molar-refractivity contribution is 7.79. The van der Waals surface area contributed by atoms with Gasteiger partial charge in [-0.05, 0) is 24.4 Å². The fourth-order valence-corrected chi connectivity index (χ4v) is 1.26. The molecule has 0 heterocycles. The molecule has 0 N–H and O–H groups in total. The number of nitrogens with zero attached hydrogens (tertiary/aromatic N) is 1. The van der Waals surface area contributed by atoms with Gasteiger partial charge in [0.1, 0.15) is 0 Å². The van der Waals surface area contributed by atoms with Crippen molar-refractivity contribution in [3.05, 3.63) is 0 Å². The smallest absolute Gasteiger partial charge is 0.0993 e. The van der Waals surface area contributed by atoms with Crippen molar-refractivity contribution in [2.45, 2.75) is 44.9 Å². The zero-order valence-electron chi connectivity index (χ0n) is 8.16. The maximum atomic E-state index is 12.9. The van der Waals surface area contributed by atoms with Gasteiger partial charge >= 0.3 is 0 Å². The van der Waals surface area contributed by atoms with Crippen molar-refractivity contribution >= 4 is 11.1 Å². The lowest BCUT2D eigenvalue weighted by atomic mass is 10.2. The van der Waals surface area contributed by atoms with Crippen LogP contribution in [0.3, 0.4) is 0 Å². The molecule has 0 aliphatic heterocycles. The van der Waals surface area contributed by atoms with Gasteiger partial charge in [0.2, 0.25) is 0 Å². The number of rotatable bonds is 7. The molecule has 0 bridgehead atoms. The van der Waals surface area contributed by atoms with Crippen LogP contribution in [0.4, 0.5) is 4.48 Å². The predicted octanol–water partition coefficient (Wildman–Crippen LogP) is 1.98. The van der Waals surface area contributed by atoms with Crippen molar-refractivity contribution in [1.29, 1.82) is 0 Å². The van der Waals surface area contributed by atoms with E-state index in [1.807, 2.05) is 0 Å². The summed E-state index contributed by atoms with van der Waals surface area (Å²) in [5, 5.41) is -0.652. The lowest BCUT2D eigenvalue weighted by Gasteiger charge is -2.21. The Morgan fingerprint density at radius 2 is 2.08 bits per heavy atom. The van der Waals surface area contributed by atoms with E-state index in [2.05, 4.69) is 6.92 Å². The fourth-order valence-electron chi connectivity index (χ4n) is 0.965. The Kier molecular flexibility index (Phi) is 7.41. The van der Waals surface area contributed by atoms with Crippen LogP contribution in [0.25, 0.3) is 0 Å². The standard InChI is InChI=1S/C8H18FNO2S/c1-3-4-5-6-7-10(9)8(2)13(11)12/h8H,3-7H2,1-2H3,(H,11,12)/p-1. The second kappa shape index (κ2) is 7.41. The molecule has 0 aliphatic rings. The molecule has 2 atom stereocenters. The average Bonchev–Trinajstić information content (AvgIpc) is 2.10. The minimum absolute atomic E-state index is 0.204. The van der Waals surface area contributed by atoms with E-state index in [0.29, 0.717) is 11.5 Å². The second-order valence-corrected chi connectivity index (χ2v) is 4.25. The van der Waals surface area contributed by atoms with E-state index in [0.717, 1.165) is 19.3 Å². The first-order valence-corrected chi connectivity index (χ1v) is 5.74. The van der Waals surface area contributed by atoms with Gasteiger partial charge < -0.3 is 4.55 Å². The van der Waals surface area contributed by atoms with Crippen molar-refractivity contribution in [3.8, 4) is 0 Å². The van der Waals surface area contributed by atoms with Crippen LogP contribution in [-0.4, -0.2) is 25.8 Å². The van der Waals surface area contributed by atoms with Crippen LogP contribution in [0, 0.1) is 0 Å². The largest absolute Gasteiger partial charge is 0.771 e. The van der Waals surface area contributed by atoms with Crippen molar-refractivity contribution in [2.24, 2.45) is 0 Å². The summed E-state index contributed by atoms with van der Waals surface area (Å²) in [4.78, 5) is 0. The Labute approximate surface area is 81.5 Å². The van der Waals surface area contributed by atoms with Crippen LogP contribution in [0.15, 0.2) is 0 Å². The zero-order chi connectivity index (χ0) is 10.3. The van der Waals surface area contributed by atoms with Crippen LogP contribution in [-0.2, 0) is 11.1 Å². The van der Waals surface area contributed by atoms with E-state index in [4.69, 9.17) is 0 Å². The topological polar surface area (TPSA) is 43.4 Å². The lowest BCUT2D eigenvalue weighted by Crippen LogP contribution is -2.30. The van der Waals surface area contributed by atoms with Crippen LogP contribution in [0.5, 0.6) is 0 Å². The highest BCUT2D eigenvalue weighted by atomic mass is 32.2. The summed E-state index contributed by atoms with van der Waals surface area (Å²) < 4.78 is 33.6. The molecule has 5 heteroatoms. The molecular formula is C8H17FNO2S-. The van der Waals surface area contributed by atoms with Gasteiger partial charge in [-0.2, -0.15) is 0 Å². The first kappa shape index (κ1) is 13.0. The van der Waals surface area contributed by atoms with Crippen LogP contribution >= 0.6 is 0 Å². The molecule has 2 unspecified atom stereocenters. The number of halogens is 1. The van der Waals surface area contributed by atoms with Gasteiger partial charge in [0.15, 0.2) is 0 Å². The van der Waals surface area contributed by atoms with Crippen LogP contribution in [0.1, 0.15) is 39.5 Å². The van der Waals surface area contributed by atoms with E-state index < -0.39 is 16.5 Å². The Morgan fingerprint density at radius 3 is 2.54 bits per heavy atom. The summed E-state index contributed by atoms with van der Waals surface area (Å²) in [6.45, 7) is 3.61. The number of hydrogen-bond donors (Lipinski definition) is 0. The first-order valence-electron chi connectivity index (χ1n) is 4.60. The van der Waals surface area contributed by atoms with E-state index in [9.17, 15) is 13.2 Å². The monoisotopic (exact) mass is 210 g/mol. The van der Waals surface area contributed by atoms with Crippen LogP contribution in [0.2, 0.25) is 0 Å². The third kappa shape index (κ3) is 6.12. The zero-order valence-corrected chi connectivity index (χ0v) is 8.98. The lowest BCUT2D eigenvalue weighted by molar-refractivity contribution is 0.0124. The maximum absolute atomic E-state index is 12.9. The third-order valence-corrected chi connectivity index (χ3v) is 2.68. The average molecular weight is 210 g/mol. The van der Waals surface area contributed by atoms with Crippen molar-refractivity contribution in [1.82, 2.24) is 5.12 Å². The van der Waals surface area contributed by atoms with Crippen molar-refractivity contribution in [3.63, 3.8) is 0 Å². The minimum atomic E-state index is -2.35. The molecule has 0 aromatic carbocycles. The highest BCUT2D eigenvalue weighted by Gasteiger charge is 2.12. The number of hydrogen-bond acceptors (Lipinski definition) is 3. The Bertz CT molecular complexity index is 157. The summed E-state index contributed by atoms with van der Waals surface area (Å²) in [5.74, 6) is 0. The van der Waals surface area contributed by atoms with Crippen LogP contribution < -0.4 is 0 Å². The maximum Gasteiger partial charge on any atom is 0.0993 e. The molecule has 0 saturated carbocycles. The molecule has 0 amide bonds. The molecule has 0 fully saturated rings. The normalized spacial score (nSPS) is 16.1. The van der Waals surface area contributed by atoms with Gasteiger partial charge in [-0.25, -0.2) is 0 Å². The minimum Gasteiger partial charge on any atom is -0.771 e. The molecule has 0 spiro atoms. The third-order valence-electron chi connectivity index (χ3n) is 1.90. The van der Waals surface area contributed by atoms with Gasteiger partial charge in [0.25, 0.3) is 0 Å². The van der Waals surface area contributed by atoms with Gasteiger partial charge in [-0.15, -0.1) is 9.60 Å². The molecule has 0 saturated heterocycles. The molecule has 0 aliphatic carbocycles. The Morgan fingerprint density at radius 1 is 1.46 bits per heavy atom. The number of unbranched alkanes of at least 4 members (excludes halogenated alkanes) is 3. The Balaban J connectivity index is 3.50. The summed E-state index contributed by atoms with van der Waals surface area (Å²) in [6, 6.07) is 0.